The molecule has 0 spiro atoms. The first-order valence-corrected chi connectivity index (χ1v) is 10.0. The summed E-state index contributed by atoms with van der Waals surface area (Å²) in [7, 11) is 0. The fourth-order valence-corrected chi connectivity index (χ4v) is 3.48. The number of nitrogens with one attached hydrogen (secondary N) is 1. The van der Waals surface area contributed by atoms with Crippen LogP contribution in [-0.4, -0.2) is 71.9 Å². The minimum Gasteiger partial charge on any atom is -0.395 e. The zero-order valence-electron chi connectivity index (χ0n) is 16.7. The Labute approximate surface area is 173 Å². The van der Waals surface area contributed by atoms with Gasteiger partial charge in [0.1, 0.15) is 0 Å². The predicted molar refractivity (Wildman–Crippen MR) is 110 cm³/mol. The normalized spacial score (nSPS) is 16.0. The molecule has 1 aromatic carbocycles. The van der Waals surface area contributed by atoms with Crippen LogP contribution in [0.3, 0.4) is 0 Å². The summed E-state index contributed by atoms with van der Waals surface area (Å²) in [6, 6.07) is 9.10. The number of aliphatic hydroxyl groups is 1. The fraction of sp³-hybridized carbons (Fsp3) is 0.476. The van der Waals surface area contributed by atoms with Crippen LogP contribution in [0, 0.1) is 0 Å². The highest BCUT2D eigenvalue weighted by atomic mass is 19.4. The minimum atomic E-state index is -4.48. The second-order valence-corrected chi connectivity index (χ2v) is 7.41. The fourth-order valence-electron chi connectivity index (χ4n) is 3.48. The molecule has 9 heteroatoms. The molecule has 2 N–H and O–H groups in total. The van der Waals surface area contributed by atoms with Gasteiger partial charge in [0.15, 0.2) is 0 Å². The molecule has 1 fully saturated rings. The highest BCUT2D eigenvalue weighted by molar-refractivity contribution is 5.44. The molecule has 0 bridgehead atoms. The van der Waals surface area contributed by atoms with E-state index in [2.05, 4.69) is 15.1 Å². The van der Waals surface area contributed by atoms with Crippen LogP contribution in [0.25, 0.3) is 0 Å². The number of alkyl halides is 3. The van der Waals surface area contributed by atoms with Crippen LogP contribution in [0.4, 0.5) is 18.9 Å². The summed E-state index contributed by atoms with van der Waals surface area (Å²) in [5.41, 5.74) is 0.373. The summed E-state index contributed by atoms with van der Waals surface area (Å²) in [5, 5.41) is 12.3. The van der Waals surface area contributed by atoms with Gasteiger partial charge in [-0.15, -0.1) is 0 Å². The van der Waals surface area contributed by atoms with Gasteiger partial charge in [0.2, 0.25) is 0 Å². The maximum atomic E-state index is 12.9. The maximum absolute atomic E-state index is 12.9. The van der Waals surface area contributed by atoms with Crippen molar-refractivity contribution in [1.82, 2.24) is 14.4 Å². The standard InChI is InChI=1S/C21H27F3N4O2/c22-21(23,24)18-3-6-20(30)28(16-18)15-17-1-4-19(5-2-17)25-7-8-26-9-11-27(12-10-26)13-14-29/h1-6,16,25,29H,7-15H2. The molecule has 1 aliphatic heterocycles. The van der Waals surface area contributed by atoms with Crippen LogP contribution >= 0.6 is 0 Å². The molecule has 6 nitrogen and oxygen atoms in total. The summed E-state index contributed by atoms with van der Waals surface area (Å²) in [6.07, 6.45) is -3.62. The quantitative estimate of drug-likeness (QED) is 0.678. The highest BCUT2D eigenvalue weighted by Gasteiger charge is 2.31. The molecule has 1 saturated heterocycles. The number of rotatable bonds is 8. The number of nitrogens with zero attached hydrogens (tertiary/aromatic N) is 3. The molecule has 0 saturated carbocycles. The number of pyridine rings is 1. The lowest BCUT2D eigenvalue weighted by Gasteiger charge is -2.34. The third-order valence-electron chi connectivity index (χ3n) is 5.26. The number of hydrogen-bond acceptors (Lipinski definition) is 5. The van der Waals surface area contributed by atoms with Gasteiger partial charge in [0, 0.05) is 63.8 Å². The number of anilines is 1. The Balaban J connectivity index is 1.48. The molecular formula is C21H27F3N4O2. The van der Waals surface area contributed by atoms with E-state index < -0.39 is 17.3 Å². The topological polar surface area (TPSA) is 60.7 Å². The second-order valence-electron chi connectivity index (χ2n) is 7.41. The van der Waals surface area contributed by atoms with Crippen LogP contribution in [0.15, 0.2) is 47.4 Å². The number of benzene rings is 1. The van der Waals surface area contributed by atoms with Crippen molar-refractivity contribution in [3.63, 3.8) is 0 Å². The lowest BCUT2D eigenvalue weighted by molar-refractivity contribution is -0.138. The molecular weight excluding hydrogens is 397 g/mol. The van der Waals surface area contributed by atoms with Gasteiger partial charge in [-0.3, -0.25) is 14.6 Å². The van der Waals surface area contributed by atoms with E-state index in [0.717, 1.165) is 80.0 Å². The van der Waals surface area contributed by atoms with Crippen molar-refractivity contribution >= 4 is 5.69 Å². The van der Waals surface area contributed by atoms with E-state index in [1.165, 1.54) is 0 Å². The first kappa shape index (κ1) is 22.3. The lowest BCUT2D eigenvalue weighted by atomic mass is 10.2. The Bertz CT molecular complexity index is 860. The minimum absolute atomic E-state index is 0.0845. The summed E-state index contributed by atoms with van der Waals surface area (Å²) in [5.74, 6) is 0. The van der Waals surface area contributed by atoms with Gasteiger partial charge in [-0.05, 0) is 23.8 Å². The molecule has 0 aliphatic carbocycles. The monoisotopic (exact) mass is 424 g/mol. The van der Waals surface area contributed by atoms with E-state index >= 15 is 0 Å². The van der Waals surface area contributed by atoms with E-state index in [1.807, 2.05) is 24.3 Å². The second kappa shape index (κ2) is 10.1. The molecule has 3 rings (SSSR count). The van der Waals surface area contributed by atoms with Gasteiger partial charge in [-0.2, -0.15) is 13.2 Å². The highest BCUT2D eigenvalue weighted by Crippen LogP contribution is 2.28. The Hall–Kier alpha value is -2.36. The zero-order valence-corrected chi connectivity index (χ0v) is 16.7. The largest absolute Gasteiger partial charge is 0.417 e. The maximum Gasteiger partial charge on any atom is 0.417 e. The average Bonchev–Trinajstić information content (AvgIpc) is 2.71. The van der Waals surface area contributed by atoms with Crippen molar-refractivity contribution in [2.75, 3.05) is 57.7 Å². The van der Waals surface area contributed by atoms with E-state index in [0.29, 0.717) is 0 Å². The summed E-state index contributed by atoms with van der Waals surface area (Å²) in [6.45, 7) is 6.58. The van der Waals surface area contributed by atoms with Crippen LogP contribution in [0.1, 0.15) is 11.1 Å². The van der Waals surface area contributed by atoms with Crippen molar-refractivity contribution in [1.29, 1.82) is 0 Å². The molecule has 164 valence electrons. The summed E-state index contributed by atoms with van der Waals surface area (Å²) >= 11 is 0. The molecule has 0 unspecified atom stereocenters. The Morgan fingerprint density at radius 2 is 1.57 bits per heavy atom. The van der Waals surface area contributed by atoms with Crippen LogP contribution in [-0.2, 0) is 12.7 Å². The predicted octanol–water partition coefficient (Wildman–Crippen LogP) is 1.94. The van der Waals surface area contributed by atoms with Crippen molar-refractivity contribution in [2.24, 2.45) is 0 Å². The Kier molecular flexibility index (Phi) is 7.52. The first-order chi connectivity index (χ1) is 14.3. The van der Waals surface area contributed by atoms with Gasteiger partial charge in [0.25, 0.3) is 5.56 Å². The van der Waals surface area contributed by atoms with E-state index in [-0.39, 0.29) is 13.2 Å². The number of halogens is 3. The third kappa shape index (κ3) is 6.32. The Morgan fingerprint density at radius 3 is 2.17 bits per heavy atom. The Morgan fingerprint density at radius 1 is 0.933 bits per heavy atom. The van der Waals surface area contributed by atoms with Gasteiger partial charge < -0.3 is 15.0 Å². The van der Waals surface area contributed by atoms with E-state index in [4.69, 9.17) is 5.11 Å². The molecule has 0 atom stereocenters. The first-order valence-electron chi connectivity index (χ1n) is 10.0. The number of aliphatic hydroxyl groups excluding tert-OH is 1. The number of hydrogen-bond donors (Lipinski definition) is 2. The van der Waals surface area contributed by atoms with Crippen molar-refractivity contribution < 1.29 is 18.3 Å². The average molecular weight is 424 g/mol. The van der Waals surface area contributed by atoms with Gasteiger partial charge in [-0.25, -0.2) is 0 Å². The lowest BCUT2D eigenvalue weighted by Crippen LogP contribution is -2.48. The molecule has 30 heavy (non-hydrogen) atoms. The number of β-amino-alcohol motifs (C(OH)–C–C–N with tert-alkyl or cyclic N) is 1. The molecule has 0 radical (unpaired) electrons. The summed E-state index contributed by atoms with van der Waals surface area (Å²) < 4.78 is 39.6. The van der Waals surface area contributed by atoms with Crippen LogP contribution < -0.4 is 10.9 Å². The van der Waals surface area contributed by atoms with E-state index in [1.54, 1.807) is 0 Å². The smallest absolute Gasteiger partial charge is 0.395 e. The van der Waals surface area contributed by atoms with Gasteiger partial charge in [-0.1, -0.05) is 12.1 Å². The molecule has 1 aromatic heterocycles. The number of piperazine rings is 1. The van der Waals surface area contributed by atoms with Gasteiger partial charge in [0.05, 0.1) is 18.7 Å². The zero-order chi connectivity index (χ0) is 21.6. The van der Waals surface area contributed by atoms with Crippen LogP contribution in [0.2, 0.25) is 0 Å². The summed E-state index contributed by atoms with van der Waals surface area (Å²) in [4.78, 5) is 16.5. The van der Waals surface area contributed by atoms with Crippen molar-refractivity contribution in [3.05, 3.63) is 64.1 Å². The number of aromatic nitrogens is 1. The SMILES string of the molecule is O=c1ccc(C(F)(F)F)cn1Cc1ccc(NCCN2CCN(CCO)CC2)cc1. The molecule has 2 aromatic rings. The van der Waals surface area contributed by atoms with Crippen LogP contribution in [0.5, 0.6) is 0 Å². The third-order valence-corrected chi connectivity index (χ3v) is 5.26. The van der Waals surface area contributed by atoms with Crippen molar-refractivity contribution in [2.45, 2.75) is 12.7 Å². The van der Waals surface area contributed by atoms with Gasteiger partial charge >= 0.3 is 6.18 Å². The molecule has 2 heterocycles. The van der Waals surface area contributed by atoms with Crippen molar-refractivity contribution in [3.8, 4) is 0 Å². The molecule has 0 amide bonds. The van der Waals surface area contributed by atoms with E-state index in [9.17, 15) is 18.0 Å². The molecule has 1 aliphatic rings.